The summed E-state index contributed by atoms with van der Waals surface area (Å²) in [5.74, 6) is 1.02. The van der Waals surface area contributed by atoms with Crippen LogP contribution in [0.2, 0.25) is 0 Å². The number of nitriles is 1. The summed E-state index contributed by atoms with van der Waals surface area (Å²) in [7, 11) is 8.10. The summed E-state index contributed by atoms with van der Waals surface area (Å²) in [6, 6.07) is 5.38. The molecule has 1 aliphatic rings. The van der Waals surface area contributed by atoms with Gasteiger partial charge in [0.25, 0.3) is 0 Å². The number of rotatable bonds is 7. The molecule has 2 radical (unpaired) electrons. The van der Waals surface area contributed by atoms with Gasteiger partial charge >= 0.3 is 5.91 Å². The standard InChI is InChI=1S/C20H26BN7O2/c1-14(2)12-28(19-16(21)11-23-18(10-22)24-19)25-20(29)17-5-4-15(30-17)13-27-8-6-26(3)7-9-27/h4-5,11,14H,6-9,12-13H2,1-3H3,(H,25,29). The van der Waals surface area contributed by atoms with Gasteiger partial charge in [0.05, 0.1) is 6.54 Å². The zero-order chi connectivity index (χ0) is 21.7. The molecule has 10 heteroatoms. The number of hydrogen-bond donors (Lipinski definition) is 1. The maximum atomic E-state index is 12.8. The van der Waals surface area contributed by atoms with Crippen LogP contribution in [0.25, 0.3) is 0 Å². The third-order valence-electron chi connectivity index (χ3n) is 4.80. The van der Waals surface area contributed by atoms with Crippen LogP contribution in [0, 0.1) is 17.2 Å². The predicted octanol–water partition coefficient (Wildman–Crippen LogP) is 0.290. The van der Waals surface area contributed by atoms with E-state index in [2.05, 4.69) is 32.2 Å². The van der Waals surface area contributed by atoms with Gasteiger partial charge in [0.2, 0.25) is 5.82 Å². The van der Waals surface area contributed by atoms with Gasteiger partial charge < -0.3 is 9.32 Å². The molecule has 1 fully saturated rings. The fraction of sp³-hybridized carbons (Fsp3) is 0.500. The van der Waals surface area contributed by atoms with Crippen LogP contribution < -0.4 is 15.9 Å². The van der Waals surface area contributed by atoms with Crippen LogP contribution in [-0.2, 0) is 6.54 Å². The summed E-state index contributed by atoms with van der Waals surface area (Å²) < 4.78 is 5.78. The summed E-state index contributed by atoms with van der Waals surface area (Å²) in [4.78, 5) is 25.4. The Morgan fingerprint density at radius 2 is 2.10 bits per heavy atom. The van der Waals surface area contributed by atoms with E-state index in [1.165, 1.54) is 11.2 Å². The molecule has 0 aromatic carbocycles. The fourth-order valence-electron chi connectivity index (χ4n) is 3.19. The van der Waals surface area contributed by atoms with Gasteiger partial charge in [0.15, 0.2) is 5.76 Å². The van der Waals surface area contributed by atoms with Gasteiger partial charge in [-0.3, -0.25) is 20.1 Å². The molecule has 0 bridgehead atoms. The number of nitrogens with one attached hydrogen (secondary N) is 1. The first kappa shape index (κ1) is 21.8. The van der Waals surface area contributed by atoms with Crippen molar-refractivity contribution < 1.29 is 9.21 Å². The second-order valence-corrected chi connectivity index (χ2v) is 7.88. The Kier molecular flexibility index (Phi) is 7.08. The largest absolute Gasteiger partial charge is 0.454 e. The highest BCUT2D eigenvalue weighted by Gasteiger charge is 2.21. The average Bonchev–Trinajstić information content (AvgIpc) is 3.18. The molecule has 1 saturated heterocycles. The maximum absolute atomic E-state index is 12.8. The number of likely N-dealkylation sites (N-methyl/N-ethyl adjacent to an activating group) is 1. The lowest BCUT2D eigenvalue weighted by Crippen LogP contribution is -2.47. The quantitative estimate of drug-likeness (QED) is 0.516. The van der Waals surface area contributed by atoms with Gasteiger partial charge in [-0.05, 0) is 30.6 Å². The minimum absolute atomic E-state index is 0.0188. The normalized spacial score (nSPS) is 15.2. The Morgan fingerprint density at radius 3 is 2.77 bits per heavy atom. The molecule has 0 aliphatic carbocycles. The van der Waals surface area contributed by atoms with E-state index < -0.39 is 5.91 Å². The lowest BCUT2D eigenvalue weighted by atomic mass is 9.98. The van der Waals surface area contributed by atoms with Crippen molar-refractivity contribution in [1.82, 2.24) is 25.2 Å². The molecule has 0 unspecified atom stereocenters. The Morgan fingerprint density at radius 1 is 1.37 bits per heavy atom. The SMILES string of the molecule is [B]c1cnc(C#N)nc1N(CC(C)C)NC(=O)c1ccc(CN2CCN(C)CC2)o1. The number of aromatic nitrogens is 2. The maximum Gasteiger partial charge on any atom is 0.305 e. The second-order valence-electron chi connectivity index (χ2n) is 7.88. The average molecular weight is 407 g/mol. The minimum atomic E-state index is -0.406. The van der Waals surface area contributed by atoms with E-state index in [1.807, 2.05) is 26.0 Å². The van der Waals surface area contributed by atoms with Crippen LogP contribution in [0.1, 0.15) is 36.0 Å². The van der Waals surface area contributed by atoms with Gasteiger partial charge in [-0.1, -0.05) is 13.8 Å². The van der Waals surface area contributed by atoms with Crippen molar-refractivity contribution in [3.8, 4) is 6.07 Å². The molecule has 2 aromatic heterocycles. The Hall–Kier alpha value is -2.90. The molecule has 0 spiro atoms. The highest BCUT2D eigenvalue weighted by molar-refractivity contribution is 6.35. The molecule has 156 valence electrons. The summed E-state index contributed by atoms with van der Waals surface area (Å²) >= 11 is 0. The summed E-state index contributed by atoms with van der Waals surface area (Å²) in [6.07, 6.45) is 1.36. The summed E-state index contributed by atoms with van der Waals surface area (Å²) in [6.45, 7) is 9.09. The van der Waals surface area contributed by atoms with Crippen molar-refractivity contribution in [3.63, 3.8) is 0 Å². The van der Waals surface area contributed by atoms with Crippen LogP contribution in [0.4, 0.5) is 5.82 Å². The zero-order valence-corrected chi connectivity index (χ0v) is 17.6. The molecular weight excluding hydrogens is 381 g/mol. The van der Waals surface area contributed by atoms with Crippen molar-refractivity contribution in [3.05, 3.63) is 35.7 Å². The minimum Gasteiger partial charge on any atom is -0.454 e. The number of amides is 1. The first-order valence-electron chi connectivity index (χ1n) is 9.96. The number of nitrogens with zero attached hydrogens (tertiary/aromatic N) is 6. The van der Waals surface area contributed by atoms with Gasteiger partial charge in [-0.15, -0.1) is 0 Å². The summed E-state index contributed by atoms with van der Waals surface area (Å²) in [5, 5.41) is 10.6. The van der Waals surface area contributed by atoms with Crippen LogP contribution in [0.3, 0.4) is 0 Å². The molecular formula is C20H26BN7O2. The lowest BCUT2D eigenvalue weighted by molar-refractivity contribution is 0.0912. The van der Waals surface area contributed by atoms with Crippen LogP contribution in [0.15, 0.2) is 22.7 Å². The van der Waals surface area contributed by atoms with Crippen molar-refractivity contribution in [2.24, 2.45) is 5.92 Å². The molecule has 30 heavy (non-hydrogen) atoms. The van der Waals surface area contributed by atoms with E-state index in [0.29, 0.717) is 13.1 Å². The number of anilines is 1. The smallest absolute Gasteiger partial charge is 0.305 e. The first-order chi connectivity index (χ1) is 14.4. The van der Waals surface area contributed by atoms with Crippen LogP contribution in [0.5, 0.6) is 0 Å². The highest BCUT2D eigenvalue weighted by Crippen LogP contribution is 2.14. The van der Waals surface area contributed by atoms with E-state index in [-0.39, 0.29) is 28.8 Å². The molecule has 3 heterocycles. The van der Waals surface area contributed by atoms with Gasteiger partial charge in [0, 0.05) is 38.9 Å². The molecule has 2 aromatic rings. The molecule has 0 atom stereocenters. The molecule has 3 rings (SSSR count). The van der Waals surface area contributed by atoms with Crippen molar-refractivity contribution in [2.45, 2.75) is 20.4 Å². The molecule has 0 saturated carbocycles. The molecule has 1 N–H and O–H groups in total. The lowest BCUT2D eigenvalue weighted by Gasteiger charge is -2.31. The van der Waals surface area contributed by atoms with Crippen molar-refractivity contribution >= 4 is 25.0 Å². The van der Waals surface area contributed by atoms with E-state index in [1.54, 1.807) is 6.07 Å². The van der Waals surface area contributed by atoms with Crippen molar-refractivity contribution in [1.29, 1.82) is 5.26 Å². The third kappa shape index (κ3) is 5.59. The van der Waals surface area contributed by atoms with Crippen LogP contribution >= 0.6 is 0 Å². The van der Waals surface area contributed by atoms with Gasteiger partial charge in [-0.2, -0.15) is 5.26 Å². The molecule has 9 nitrogen and oxygen atoms in total. The number of hydrogen-bond acceptors (Lipinski definition) is 8. The summed E-state index contributed by atoms with van der Waals surface area (Å²) in [5.41, 5.74) is 3.07. The number of carbonyl (C=O) groups is 1. The third-order valence-corrected chi connectivity index (χ3v) is 4.80. The molecule has 1 aliphatic heterocycles. The molecule has 1 amide bonds. The van der Waals surface area contributed by atoms with Crippen molar-refractivity contribution in [2.75, 3.05) is 44.8 Å². The first-order valence-corrected chi connectivity index (χ1v) is 9.96. The second kappa shape index (κ2) is 9.74. The number of hydrazine groups is 1. The highest BCUT2D eigenvalue weighted by atomic mass is 16.4. The van der Waals surface area contributed by atoms with E-state index >= 15 is 0 Å². The monoisotopic (exact) mass is 407 g/mol. The van der Waals surface area contributed by atoms with Gasteiger partial charge in [0.1, 0.15) is 25.5 Å². The number of furan rings is 1. The number of carbonyl (C=O) groups excluding carboxylic acids is 1. The Labute approximate surface area is 178 Å². The van der Waals surface area contributed by atoms with Gasteiger partial charge in [-0.25, -0.2) is 9.97 Å². The fourth-order valence-corrected chi connectivity index (χ4v) is 3.19. The van der Waals surface area contributed by atoms with E-state index in [4.69, 9.17) is 17.5 Å². The predicted molar refractivity (Wildman–Crippen MR) is 113 cm³/mol. The topological polar surface area (TPSA) is 102 Å². The zero-order valence-electron chi connectivity index (χ0n) is 17.6. The van der Waals surface area contributed by atoms with E-state index in [9.17, 15) is 4.79 Å². The Bertz CT molecular complexity index is 916. The van der Waals surface area contributed by atoms with E-state index in [0.717, 1.165) is 31.9 Å². The Balaban J connectivity index is 1.70. The van der Waals surface area contributed by atoms with Crippen LogP contribution in [-0.4, -0.2) is 73.3 Å². The number of piperazine rings is 1.